The van der Waals surface area contributed by atoms with Crippen molar-refractivity contribution in [2.24, 2.45) is 11.5 Å². The van der Waals surface area contributed by atoms with Gasteiger partial charge in [-0.2, -0.15) is 0 Å². The molecule has 1 heterocycles. The van der Waals surface area contributed by atoms with Gasteiger partial charge in [-0.1, -0.05) is 0 Å². The molecule has 1 rings (SSSR count). The Morgan fingerprint density at radius 2 is 1.74 bits per heavy atom. The van der Waals surface area contributed by atoms with E-state index < -0.39 is 54.5 Å². The standard InChI is InChI=1S/C18H31N7O6/c1-10(18(30)31)23-16(28)13(4-2-3-5-19)24-17(29)14(8-26)25-15(27)12(20)6-11-7-21-9-22-11/h7,9-10,12-14,26H,2-6,8,19-20H2,1H3,(H,21,22)(H,23,28)(H,24,29)(H,25,27)(H,30,31). The number of aromatic nitrogens is 2. The summed E-state index contributed by atoms with van der Waals surface area (Å²) in [5, 5.41) is 25.6. The molecule has 1 aromatic rings. The summed E-state index contributed by atoms with van der Waals surface area (Å²) in [7, 11) is 0. The van der Waals surface area contributed by atoms with Crippen molar-refractivity contribution in [1.29, 1.82) is 0 Å². The van der Waals surface area contributed by atoms with Gasteiger partial charge in [-0.25, -0.2) is 4.98 Å². The molecule has 4 unspecified atom stereocenters. The van der Waals surface area contributed by atoms with Gasteiger partial charge < -0.3 is 42.6 Å². The van der Waals surface area contributed by atoms with E-state index in [9.17, 15) is 24.3 Å². The first-order chi connectivity index (χ1) is 14.7. The number of nitrogens with zero attached hydrogens (tertiary/aromatic N) is 1. The Balaban J connectivity index is 2.73. The van der Waals surface area contributed by atoms with Crippen molar-refractivity contribution in [2.75, 3.05) is 13.2 Å². The number of aliphatic hydroxyl groups excluding tert-OH is 1. The molecule has 31 heavy (non-hydrogen) atoms. The van der Waals surface area contributed by atoms with E-state index in [1.807, 2.05) is 0 Å². The van der Waals surface area contributed by atoms with Crippen LogP contribution in [0.3, 0.4) is 0 Å². The van der Waals surface area contributed by atoms with Gasteiger partial charge in [-0.15, -0.1) is 0 Å². The molecule has 0 saturated carbocycles. The van der Waals surface area contributed by atoms with Crippen molar-refractivity contribution < 1.29 is 29.4 Å². The van der Waals surface area contributed by atoms with Crippen LogP contribution in [-0.2, 0) is 25.6 Å². The van der Waals surface area contributed by atoms with Crippen LogP contribution in [0.5, 0.6) is 0 Å². The van der Waals surface area contributed by atoms with Gasteiger partial charge in [-0.3, -0.25) is 19.2 Å². The number of carboxylic acids is 1. The summed E-state index contributed by atoms with van der Waals surface area (Å²) in [4.78, 5) is 54.8. The zero-order valence-electron chi connectivity index (χ0n) is 17.3. The third-order valence-electron chi connectivity index (χ3n) is 4.46. The smallest absolute Gasteiger partial charge is 0.325 e. The highest BCUT2D eigenvalue weighted by Gasteiger charge is 2.29. The molecule has 0 aliphatic carbocycles. The maximum Gasteiger partial charge on any atom is 0.325 e. The monoisotopic (exact) mass is 441 g/mol. The fourth-order valence-corrected chi connectivity index (χ4v) is 2.61. The average Bonchev–Trinajstić information content (AvgIpc) is 3.23. The first-order valence-electron chi connectivity index (χ1n) is 9.87. The van der Waals surface area contributed by atoms with Crippen molar-refractivity contribution >= 4 is 23.7 Å². The second-order valence-electron chi connectivity index (χ2n) is 7.05. The molecule has 0 fully saturated rings. The SMILES string of the molecule is CC(NC(=O)C(CCCCN)NC(=O)C(CO)NC(=O)C(N)Cc1cnc[nH]1)C(=O)O. The largest absolute Gasteiger partial charge is 0.480 e. The molecule has 0 aromatic carbocycles. The Labute approximate surface area is 179 Å². The molecule has 4 atom stereocenters. The zero-order valence-corrected chi connectivity index (χ0v) is 17.3. The summed E-state index contributed by atoms with van der Waals surface area (Å²) in [5.74, 6) is -3.40. The van der Waals surface area contributed by atoms with Crippen LogP contribution in [0.25, 0.3) is 0 Å². The number of hydrogen-bond acceptors (Lipinski definition) is 8. The molecule has 0 radical (unpaired) electrons. The van der Waals surface area contributed by atoms with Crippen LogP contribution in [0.15, 0.2) is 12.5 Å². The predicted octanol–water partition coefficient (Wildman–Crippen LogP) is -3.04. The van der Waals surface area contributed by atoms with E-state index >= 15 is 0 Å². The number of amides is 3. The lowest BCUT2D eigenvalue weighted by Crippen LogP contribution is -2.58. The first-order valence-corrected chi connectivity index (χ1v) is 9.87. The number of aliphatic hydroxyl groups is 1. The molecule has 174 valence electrons. The normalized spacial score (nSPS) is 14.7. The minimum atomic E-state index is -1.35. The zero-order chi connectivity index (χ0) is 23.4. The van der Waals surface area contributed by atoms with Gasteiger partial charge in [0.05, 0.1) is 19.0 Å². The average molecular weight is 441 g/mol. The number of aliphatic carboxylic acids is 1. The second-order valence-corrected chi connectivity index (χ2v) is 7.05. The Morgan fingerprint density at radius 1 is 1.10 bits per heavy atom. The molecule has 3 amide bonds. The van der Waals surface area contributed by atoms with Crippen LogP contribution in [0, 0.1) is 0 Å². The number of carbonyl (C=O) groups is 4. The van der Waals surface area contributed by atoms with Crippen LogP contribution >= 0.6 is 0 Å². The summed E-state index contributed by atoms with van der Waals surface area (Å²) < 4.78 is 0. The predicted molar refractivity (Wildman–Crippen MR) is 109 cm³/mol. The molecule has 0 bridgehead atoms. The van der Waals surface area contributed by atoms with Gasteiger partial charge in [0, 0.05) is 18.3 Å². The van der Waals surface area contributed by atoms with Crippen molar-refractivity contribution in [2.45, 2.75) is 56.8 Å². The number of aromatic amines is 1. The maximum atomic E-state index is 12.6. The van der Waals surface area contributed by atoms with Gasteiger partial charge in [0.2, 0.25) is 17.7 Å². The Bertz CT molecular complexity index is 727. The minimum absolute atomic E-state index is 0.142. The van der Waals surface area contributed by atoms with Crippen molar-refractivity contribution in [3.05, 3.63) is 18.2 Å². The van der Waals surface area contributed by atoms with E-state index in [2.05, 4.69) is 25.9 Å². The fraction of sp³-hybridized carbons (Fsp3) is 0.611. The number of carboxylic acid groups (broad SMARTS) is 1. The van der Waals surface area contributed by atoms with E-state index in [0.29, 0.717) is 25.1 Å². The third kappa shape index (κ3) is 9.11. The van der Waals surface area contributed by atoms with Crippen molar-refractivity contribution in [1.82, 2.24) is 25.9 Å². The van der Waals surface area contributed by atoms with Crippen LogP contribution < -0.4 is 27.4 Å². The molecule has 0 spiro atoms. The summed E-state index contributed by atoms with van der Waals surface area (Å²) in [6.07, 6.45) is 4.38. The van der Waals surface area contributed by atoms with E-state index in [-0.39, 0.29) is 12.8 Å². The summed E-state index contributed by atoms with van der Waals surface area (Å²) in [5.41, 5.74) is 11.9. The van der Waals surface area contributed by atoms with Crippen LogP contribution in [0.2, 0.25) is 0 Å². The van der Waals surface area contributed by atoms with Gasteiger partial charge in [0.25, 0.3) is 0 Å². The molecule has 0 aliphatic heterocycles. The van der Waals surface area contributed by atoms with Crippen LogP contribution in [0.4, 0.5) is 0 Å². The number of nitrogens with two attached hydrogens (primary N) is 2. The van der Waals surface area contributed by atoms with Gasteiger partial charge in [-0.05, 0) is 32.7 Å². The molecular weight excluding hydrogens is 410 g/mol. The van der Waals surface area contributed by atoms with Gasteiger partial charge in [0.15, 0.2) is 0 Å². The summed E-state index contributed by atoms with van der Waals surface area (Å²) in [6.45, 7) is 0.950. The molecule has 1 aromatic heterocycles. The van der Waals surface area contributed by atoms with Crippen molar-refractivity contribution in [3.63, 3.8) is 0 Å². The number of carbonyl (C=O) groups excluding carboxylic acids is 3. The molecule has 10 N–H and O–H groups in total. The molecule has 13 nitrogen and oxygen atoms in total. The van der Waals surface area contributed by atoms with Crippen LogP contribution in [0.1, 0.15) is 31.9 Å². The molecule has 0 saturated heterocycles. The highest BCUT2D eigenvalue weighted by molar-refractivity contribution is 5.94. The number of nitrogens with one attached hydrogen (secondary N) is 4. The lowest BCUT2D eigenvalue weighted by molar-refractivity contribution is -0.141. The highest BCUT2D eigenvalue weighted by Crippen LogP contribution is 2.03. The number of rotatable bonds is 14. The second kappa shape index (κ2) is 13.3. The van der Waals surface area contributed by atoms with Crippen LogP contribution in [-0.4, -0.2) is 81.2 Å². The lowest BCUT2D eigenvalue weighted by atomic mass is 10.1. The third-order valence-corrected chi connectivity index (χ3v) is 4.46. The highest BCUT2D eigenvalue weighted by atomic mass is 16.4. The Morgan fingerprint density at radius 3 is 2.29 bits per heavy atom. The number of imidazole rings is 1. The Kier molecular flexibility index (Phi) is 11.2. The van der Waals surface area contributed by atoms with Gasteiger partial charge >= 0.3 is 5.97 Å². The lowest BCUT2D eigenvalue weighted by Gasteiger charge is -2.23. The van der Waals surface area contributed by atoms with E-state index in [1.165, 1.54) is 19.4 Å². The first kappa shape index (κ1) is 26.0. The maximum absolute atomic E-state index is 12.6. The summed E-state index contributed by atoms with van der Waals surface area (Å²) >= 11 is 0. The van der Waals surface area contributed by atoms with Crippen molar-refractivity contribution in [3.8, 4) is 0 Å². The number of unbranched alkanes of at least 4 members (excludes halogenated alkanes) is 1. The number of hydrogen-bond donors (Lipinski definition) is 8. The van der Waals surface area contributed by atoms with Gasteiger partial charge in [0.1, 0.15) is 18.1 Å². The summed E-state index contributed by atoms with van der Waals surface area (Å²) in [6, 6.07) is -4.56. The fourth-order valence-electron chi connectivity index (χ4n) is 2.61. The van der Waals surface area contributed by atoms with E-state index in [0.717, 1.165) is 0 Å². The number of H-pyrrole nitrogens is 1. The quantitative estimate of drug-likeness (QED) is 0.137. The molecule has 0 aliphatic rings. The van der Waals surface area contributed by atoms with E-state index in [1.54, 1.807) is 0 Å². The molecule has 13 heteroatoms. The Hall–Kier alpha value is -3.03. The topological polar surface area (TPSA) is 226 Å². The molecular formula is C18H31N7O6. The minimum Gasteiger partial charge on any atom is -0.480 e. The van der Waals surface area contributed by atoms with E-state index in [4.69, 9.17) is 16.6 Å².